The second-order valence-electron chi connectivity index (χ2n) is 13.0. The summed E-state index contributed by atoms with van der Waals surface area (Å²) in [5.41, 5.74) is 2.13. The molecule has 234 valence electrons. The summed E-state index contributed by atoms with van der Waals surface area (Å²) in [6.45, 7) is 8.25. The van der Waals surface area contributed by atoms with E-state index in [0.717, 1.165) is 96.5 Å². The zero-order valence-corrected chi connectivity index (χ0v) is 26.8. The van der Waals surface area contributed by atoms with Gasteiger partial charge in [0.25, 0.3) is 23.6 Å². The van der Waals surface area contributed by atoms with Crippen LogP contribution < -0.4 is 0 Å². The number of hydrogen-bond acceptors (Lipinski definition) is 4. The molecule has 5 aromatic rings. The first-order valence-corrected chi connectivity index (χ1v) is 17.0. The SMILES string of the molecule is C=CCN1C(=O)c2ccc3c4ccc5c6c(ccc(c7ccc(c2c37)C1=O)c64)C(=O)N(C(CCCCCC)CCCCCC)C5=O. The van der Waals surface area contributed by atoms with Crippen molar-refractivity contribution in [3.05, 3.63) is 83.4 Å². The maximum absolute atomic E-state index is 14.3. The quantitative estimate of drug-likeness (QED) is 0.0436. The Bertz CT molecular complexity index is 1940. The third kappa shape index (κ3) is 4.44. The molecule has 0 saturated heterocycles. The molecule has 0 fully saturated rings. The molecule has 7 rings (SSSR count). The predicted molar refractivity (Wildman–Crippen MR) is 185 cm³/mol. The van der Waals surface area contributed by atoms with Crippen molar-refractivity contribution >= 4 is 66.7 Å². The Kier molecular flexibility index (Phi) is 7.83. The average molecular weight is 613 g/mol. The lowest BCUT2D eigenvalue weighted by atomic mass is 9.82. The van der Waals surface area contributed by atoms with Crippen molar-refractivity contribution in [2.45, 2.75) is 84.1 Å². The van der Waals surface area contributed by atoms with Gasteiger partial charge in [0.05, 0.1) is 0 Å². The monoisotopic (exact) mass is 612 g/mol. The topological polar surface area (TPSA) is 74.8 Å². The van der Waals surface area contributed by atoms with Gasteiger partial charge < -0.3 is 0 Å². The van der Waals surface area contributed by atoms with Crippen molar-refractivity contribution in [2.24, 2.45) is 0 Å². The summed E-state index contributed by atoms with van der Waals surface area (Å²) < 4.78 is 0. The van der Waals surface area contributed by atoms with Crippen LogP contribution in [0.2, 0.25) is 0 Å². The molecule has 5 aromatic carbocycles. The van der Waals surface area contributed by atoms with Gasteiger partial charge in [-0.15, -0.1) is 6.58 Å². The minimum atomic E-state index is -0.327. The molecule has 2 aliphatic rings. The lowest BCUT2D eigenvalue weighted by Gasteiger charge is -2.35. The predicted octanol–water partition coefficient (Wildman–Crippen LogP) is 9.42. The number of imide groups is 2. The zero-order valence-electron chi connectivity index (χ0n) is 26.8. The van der Waals surface area contributed by atoms with Gasteiger partial charge in [-0.05, 0) is 69.4 Å². The van der Waals surface area contributed by atoms with E-state index >= 15 is 0 Å². The summed E-state index contributed by atoms with van der Waals surface area (Å²) in [5.74, 6) is -1.06. The highest BCUT2D eigenvalue weighted by atomic mass is 16.2. The number of rotatable bonds is 13. The van der Waals surface area contributed by atoms with Crippen LogP contribution in [0.4, 0.5) is 0 Å². The first kappa shape index (κ1) is 30.1. The Labute approximate surface area is 269 Å². The summed E-state index contributed by atoms with van der Waals surface area (Å²) in [7, 11) is 0. The number of amides is 4. The first-order valence-electron chi connectivity index (χ1n) is 17.0. The van der Waals surface area contributed by atoms with Gasteiger partial charge in [0.2, 0.25) is 0 Å². The molecule has 0 spiro atoms. The highest BCUT2D eigenvalue weighted by Crippen LogP contribution is 2.46. The Morgan fingerprint density at radius 3 is 1.30 bits per heavy atom. The first-order chi connectivity index (χ1) is 22.4. The average Bonchev–Trinajstić information content (AvgIpc) is 3.07. The molecule has 0 radical (unpaired) electrons. The summed E-state index contributed by atoms with van der Waals surface area (Å²) >= 11 is 0. The lowest BCUT2D eigenvalue weighted by Crippen LogP contribution is -2.47. The number of nitrogens with zero attached hydrogens (tertiary/aromatic N) is 2. The number of fused-ring (bicyclic) bond motifs is 2. The molecule has 0 saturated carbocycles. The molecule has 2 aliphatic heterocycles. The van der Waals surface area contributed by atoms with Crippen LogP contribution in [0, 0.1) is 0 Å². The molecule has 46 heavy (non-hydrogen) atoms. The second-order valence-corrected chi connectivity index (χ2v) is 13.0. The van der Waals surface area contributed by atoms with E-state index in [9.17, 15) is 19.2 Å². The molecule has 0 bridgehead atoms. The number of carbonyl (C=O) groups is 4. The largest absolute Gasteiger partial charge is 0.271 e. The number of unbranched alkanes of at least 4 members (excludes halogenated alkanes) is 6. The van der Waals surface area contributed by atoms with Gasteiger partial charge in [-0.3, -0.25) is 29.0 Å². The maximum Gasteiger partial charge on any atom is 0.261 e. The molecule has 4 amide bonds. The summed E-state index contributed by atoms with van der Waals surface area (Å²) in [6.07, 6.45) is 12.0. The third-order valence-corrected chi connectivity index (χ3v) is 10.2. The molecule has 6 nitrogen and oxygen atoms in total. The molecule has 0 atom stereocenters. The van der Waals surface area contributed by atoms with Crippen LogP contribution in [0.5, 0.6) is 0 Å². The molecule has 0 aromatic heterocycles. The van der Waals surface area contributed by atoms with E-state index in [2.05, 4.69) is 20.4 Å². The smallest absolute Gasteiger partial charge is 0.261 e. The number of hydrogen-bond donors (Lipinski definition) is 0. The molecular weight excluding hydrogens is 572 g/mol. The van der Waals surface area contributed by atoms with Crippen molar-refractivity contribution in [3.63, 3.8) is 0 Å². The van der Waals surface area contributed by atoms with E-state index in [0.29, 0.717) is 33.0 Å². The summed E-state index contributed by atoms with van der Waals surface area (Å²) in [4.78, 5) is 58.3. The van der Waals surface area contributed by atoms with Crippen LogP contribution in [0.1, 0.15) is 119 Å². The minimum absolute atomic E-state index is 0.114. The standard InChI is InChI=1S/C40H40N2O4/c1-4-7-9-11-13-24(14-12-10-8-5-2)42-39(45)31-21-17-27-25-15-19-29-35-30(38(44)41(23-6-3)37(29)43)20-16-26(33(25)35)28-18-22-32(40(42)46)36(31)34(27)28/h6,15-22,24H,3-5,7-14,23H2,1-2H3. The van der Waals surface area contributed by atoms with E-state index < -0.39 is 0 Å². The summed E-state index contributed by atoms with van der Waals surface area (Å²) in [6, 6.07) is 15.1. The van der Waals surface area contributed by atoms with Gasteiger partial charge in [0.1, 0.15) is 0 Å². The van der Waals surface area contributed by atoms with Crippen molar-refractivity contribution in [1.82, 2.24) is 9.80 Å². The normalized spacial score (nSPS) is 14.8. The Morgan fingerprint density at radius 1 is 0.543 bits per heavy atom. The van der Waals surface area contributed by atoms with E-state index in [-0.39, 0.29) is 36.2 Å². The van der Waals surface area contributed by atoms with Crippen molar-refractivity contribution in [1.29, 1.82) is 0 Å². The van der Waals surface area contributed by atoms with Gasteiger partial charge >= 0.3 is 0 Å². The van der Waals surface area contributed by atoms with Gasteiger partial charge in [-0.25, -0.2) is 0 Å². The molecule has 6 heteroatoms. The van der Waals surface area contributed by atoms with E-state index in [1.807, 2.05) is 36.4 Å². The second kappa shape index (κ2) is 12.0. The van der Waals surface area contributed by atoms with Gasteiger partial charge in [0.15, 0.2) is 0 Å². The highest BCUT2D eigenvalue weighted by molar-refractivity contribution is 6.41. The fourth-order valence-corrected chi connectivity index (χ4v) is 7.98. The van der Waals surface area contributed by atoms with Crippen molar-refractivity contribution in [2.75, 3.05) is 6.54 Å². The van der Waals surface area contributed by atoms with Crippen LogP contribution in [-0.4, -0.2) is 46.0 Å². The maximum atomic E-state index is 14.3. The van der Waals surface area contributed by atoms with Crippen LogP contribution in [0.3, 0.4) is 0 Å². The molecule has 0 aliphatic carbocycles. The summed E-state index contributed by atoms with van der Waals surface area (Å²) in [5, 5.41) is 6.73. The van der Waals surface area contributed by atoms with Crippen molar-refractivity contribution in [3.8, 4) is 0 Å². The molecule has 0 N–H and O–H groups in total. The molecule has 0 unspecified atom stereocenters. The van der Waals surface area contributed by atoms with E-state index in [4.69, 9.17) is 0 Å². The van der Waals surface area contributed by atoms with Gasteiger partial charge in [0, 0.05) is 45.6 Å². The van der Waals surface area contributed by atoms with Crippen molar-refractivity contribution < 1.29 is 19.2 Å². The van der Waals surface area contributed by atoms with Crippen LogP contribution in [0.25, 0.3) is 43.1 Å². The van der Waals surface area contributed by atoms with Crippen LogP contribution >= 0.6 is 0 Å². The van der Waals surface area contributed by atoms with Crippen LogP contribution in [0.15, 0.2) is 61.2 Å². The molecule has 2 heterocycles. The Hall–Kier alpha value is -4.58. The third-order valence-electron chi connectivity index (χ3n) is 10.2. The fraction of sp³-hybridized carbons (Fsp3) is 0.350. The Balaban J connectivity index is 1.38. The van der Waals surface area contributed by atoms with Gasteiger partial charge in [-0.1, -0.05) is 95.6 Å². The van der Waals surface area contributed by atoms with E-state index in [1.54, 1.807) is 23.1 Å². The lowest BCUT2D eigenvalue weighted by molar-refractivity contribution is 0.0515. The zero-order chi connectivity index (χ0) is 32.1. The Morgan fingerprint density at radius 2 is 0.935 bits per heavy atom. The number of carbonyl (C=O) groups excluding carboxylic acids is 4. The highest BCUT2D eigenvalue weighted by Gasteiger charge is 2.39. The minimum Gasteiger partial charge on any atom is -0.271 e. The fourth-order valence-electron chi connectivity index (χ4n) is 7.98. The number of benzene rings is 5. The molecular formula is C40H40N2O4. The van der Waals surface area contributed by atoms with Gasteiger partial charge in [-0.2, -0.15) is 0 Å². The van der Waals surface area contributed by atoms with E-state index in [1.165, 1.54) is 4.90 Å². The van der Waals surface area contributed by atoms with Crippen LogP contribution in [-0.2, 0) is 0 Å².